The van der Waals surface area contributed by atoms with Crippen LogP contribution in [0.3, 0.4) is 0 Å². The van der Waals surface area contributed by atoms with Crippen molar-refractivity contribution in [2.24, 2.45) is 5.92 Å². The van der Waals surface area contributed by atoms with E-state index in [0.717, 1.165) is 18.5 Å². The van der Waals surface area contributed by atoms with E-state index in [9.17, 15) is 9.59 Å². The highest BCUT2D eigenvalue weighted by Crippen LogP contribution is 2.34. The van der Waals surface area contributed by atoms with Gasteiger partial charge in [-0.25, -0.2) is 4.98 Å². The molecule has 0 saturated heterocycles. The second-order valence-electron chi connectivity index (χ2n) is 4.22. The second kappa shape index (κ2) is 4.47. The van der Waals surface area contributed by atoms with Crippen molar-refractivity contribution in [2.45, 2.75) is 31.6 Å². The summed E-state index contributed by atoms with van der Waals surface area (Å²) < 4.78 is 0. The van der Waals surface area contributed by atoms with Crippen molar-refractivity contribution in [3.8, 4) is 0 Å². The van der Waals surface area contributed by atoms with Gasteiger partial charge in [0.1, 0.15) is 0 Å². The van der Waals surface area contributed by atoms with Crippen LogP contribution in [0.25, 0.3) is 0 Å². The molecule has 86 valence electrons. The lowest BCUT2D eigenvalue weighted by atomic mass is 9.80. The quantitative estimate of drug-likeness (QED) is 0.785. The van der Waals surface area contributed by atoms with Crippen molar-refractivity contribution in [2.75, 3.05) is 0 Å². The number of H-pyrrole nitrogens is 1. The number of hydrogen-bond acceptors (Lipinski definition) is 3. The van der Waals surface area contributed by atoms with Gasteiger partial charge >= 0.3 is 5.97 Å². The minimum atomic E-state index is -0.711. The largest absolute Gasteiger partial charge is 0.481 e. The summed E-state index contributed by atoms with van der Waals surface area (Å²) in [5.41, 5.74) is 0.637. The summed E-state index contributed by atoms with van der Waals surface area (Å²) in [5.74, 6) is -0.700. The van der Waals surface area contributed by atoms with Crippen LogP contribution in [0, 0.1) is 5.92 Å². The first kappa shape index (κ1) is 10.9. The van der Waals surface area contributed by atoms with Gasteiger partial charge < -0.3 is 10.1 Å². The highest BCUT2D eigenvalue weighted by atomic mass is 16.4. The minimum Gasteiger partial charge on any atom is -0.481 e. The van der Waals surface area contributed by atoms with Crippen LogP contribution in [0.15, 0.2) is 17.2 Å². The third-order valence-electron chi connectivity index (χ3n) is 3.19. The predicted molar refractivity (Wildman–Crippen MR) is 57.2 cm³/mol. The van der Waals surface area contributed by atoms with E-state index in [4.69, 9.17) is 5.11 Å². The lowest BCUT2D eigenvalue weighted by Gasteiger charge is -2.25. The van der Waals surface area contributed by atoms with Gasteiger partial charge in [0.05, 0.1) is 17.9 Å². The Morgan fingerprint density at radius 3 is 2.62 bits per heavy atom. The smallest absolute Gasteiger partial charge is 0.306 e. The zero-order valence-electron chi connectivity index (χ0n) is 8.85. The van der Waals surface area contributed by atoms with E-state index in [1.54, 1.807) is 0 Å². The van der Waals surface area contributed by atoms with Crippen LogP contribution in [-0.2, 0) is 4.79 Å². The number of hydrogen-bond donors (Lipinski definition) is 2. The zero-order valence-corrected chi connectivity index (χ0v) is 8.85. The lowest BCUT2D eigenvalue weighted by Crippen LogP contribution is -2.21. The fourth-order valence-corrected chi connectivity index (χ4v) is 2.24. The average molecular weight is 222 g/mol. The molecule has 1 aromatic heterocycles. The molecule has 1 fully saturated rings. The number of carboxylic acids is 1. The molecule has 0 amide bonds. The molecule has 5 nitrogen and oxygen atoms in total. The maximum Gasteiger partial charge on any atom is 0.306 e. The van der Waals surface area contributed by atoms with Crippen molar-refractivity contribution >= 4 is 5.97 Å². The molecular formula is C11H14N2O3. The Morgan fingerprint density at radius 2 is 2.06 bits per heavy atom. The molecule has 0 bridgehead atoms. The number of nitrogens with zero attached hydrogens (tertiary/aromatic N) is 1. The first-order valence-corrected chi connectivity index (χ1v) is 5.44. The molecule has 16 heavy (non-hydrogen) atoms. The van der Waals surface area contributed by atoms with Crippen LogP contribution in [0.2, 0.25) is 0 Å². The first-order chi connectivity index (χ1) is 7.66. The van der Waals surface area contributed by atoms with Gasteiger partial charge in [0.25, 0.3) is 5.56 Å². The number of rotatable bonds is 2. The van der Waals surface area contributed by atoms with Crippen molar-refractivity contribution in [3.63, 3.8) is 0 Å². The SMILES string of the molecule is O=C(O)C1CCC(c2cc(=O)[nH]cn2)CC1. The molecule has 0 radical (unpaired) electrons. The first-order valence-electron chi connectivity index (χ1n) is 5.44. The summed E-state index contributed by atoms with van der Waals surface area (Å²) in [4.78, 5) is 28.5. The number of aliphatic carboxylic acids is 1. The lowest BCUT2D eigenvalue weighted by molar-refractivity contribution is -0.142. The monoisotopic (exact) mass is 222 g/mol. The van der Waals surface area contributed by atoms with Crippen LogP contribution in [0.4, 0.5) is 0 Å². The summed E-state index contributed by atoms with van der Waals surface area (Å²) >= 11 is 0. The summed E-state index contributed by atoms with van der Waals surface area (Å²) in [6, 6.07) is 1.51. The second-order valence-corrected chi connectivity index (χ2v) is 4.22. The molecule has 0 atom stereocenters. The van der Waals surface area contributed by atoms with Crippen LogP contribution < -0.4 is 5.56 Å². The number of aromatic nitrogens is 2. The maximum absolute atomic E-state index is 11.1. The Morgan fingerprint density at radius 1 is 1.38 bits per heavy atom. The van der Waals surface area contributed by atoms with E-state index in [0.29, 0.717) is 12.8 Å². The van der Waals surface area contributed by atoms with Crippen molar-refractivity contribution in [1.82, 2.24) is 9.97 Å². The Labute approximate surface area is 92.5 Å². The third-order valence-corrected chi connectivity index (χ3v) is 3.19. The van der Waals surface area contributed by atoms with Gasteiger partial charge in [0.15, 0.2) is 0 Å². The van der Waals surface area contributed by atoms with E-state index < -0.39 is 5.97 Å². The van der Waals surface area contributed by atoms with E-state index in [2.05, 4.69) is 9.97 Å². The molecule has 1 aliphatic rings. The molecule has 1 aliphatic carbocycles. The topological polar surface area (TPSA) is 83.0 Å². The molecule has 0 aliphatic heterocycles. The molecule has 2 rings (SSSR count). The third kappa shape index (κ3) is 2.29. The Balaban J connectivity index is 2.04. The highest BCUT2D eigenvalue weighted by Gasteiger charge is 2.27. The molecule has 0 spiro atoms. The van der Waals surface area contributed by atoms with Crippen molar-refractivity contribution < 1.29 is 9.90 Å². The molecule has 2 N–H and O–H groups in total. The fourth-order valence-electron chi connectivity index (χ4n) is 2.24. The van der Waals surface area contributed by atoms with Crippen LogP contribution in [-0.4, -0.2) is 21.0 Å². The van der Waals surface area contributed by atoms with Gasteiger partial charge in [-0.05, 0) is 25.7 Å². The van der Waals surface area contributed by atoms with Crippen LogP contribution in [0.5, 0.6) is 0 Å². The van der Waals surface area contributed by atoms with E-state index in [1.807, 2.05) is 0 Å². The molecular weight excluding hydrogens is 208 g/mol. The Hall–Kier alpha value is -1.65. The molecule has 1 saturated carbocycles. The van der Waals surface area contributed by atoms with Crippen LogP contribution >= 0.6 is 0 Å². The number of aromatic amines is 1. The summed E-state index contributed by atoms with van der Waals surface area (Å²) in [6.07, 6.45) is 4.35. The predicted octanol–water partition coefficient (Wildman–Crippen LogP) is 1.13. The highest BCUT2D eigenvalue weighted by molar-refractivity contribution is 5.70. The normalized spacial score (nSPS) is 25.2. The number of carbonyl (C=O) groups is 1. The van der Waals surface area contributed by atoms with Gasteiger partial charge in [-0.15, -0.1) is 0 Å². The van der Waals surface area contributed by atoms with E-state index >= 15 is 0 Å². The van der Waals surface area contributed by atoms with Gasteiger partial charge in [-0.1, -0.05) is 0 Å². The van der Waals surface area contributed by atoms with Gasteiger partial charge in [-0.3, -0.25) is 9.59 Å². The summed E-state index contributed by atoms with van der Waals surface area (Å²) in [7, 11) is 0. The number of nitrogens with one attached hydrogen (secondary N) is 1. The van der Waals surface area contributed by atoms with E-state index in [1.165, 1.54) is 12.4 Å². The van der Waals surface area contributed by atoms with Gasteiger partial charge in [0.2, 0.25) is 0 Å². The molecule has 1 heterocycles. The van der Waals surface area contributed by atoms with Gasteiger partial charge in [0, 0.05) is 12.0 Å². The zero-order chi connectivity index (χ0) is 11.5. The summed E-state index contributed by atoms with van der Waals surface area (Å²) in [6.45, 7) is 0. The molecule has 0 unspecified atom stereocenters. The molecule has 1 aromatic rings. The number of carboxylic acid groups (broad SMARTS) is 1. The van der Waals surface area contributed by atoms with E-state index in [-0.39, 0.29) is 17.4 Å². The minimum absolute atomic E-state index is 0.148. The van der Waals surface area contributed by atoms with Crippen molar-refractivity contribution in [3.05, 3.63) is 28.4 Å². The van der Waals surface area contributed by atoms with Crippen molar-refractivity contribution in [1.29, 1.82) is 0 Å². The maximum atomic E-state index is 11.1. The average Bonchev–Trinajstić information content (AvgIpc) is 2.29. The summed E-state index contributed by atoms with van der Waals surface area (Å²) in [5, 5.41) is 8.87. The standard InChI is InChI=1S/C11H14N2O3/c14-10-5-9(12-6-13-10)7-1-3-8(4-2-7)11(15)16/h5-8H,1-4H2,(H,15,16)(H,12,13,14). The fraction of sp³-hybridized carbons (Fsp3) is 0.545. The molecule has 0 aromatic carbocycles. The molecule has 5 heteroatoms. The Kier molecular flexibility index (Phi) is 3.03. The van der Waals surface area contributed by atoms with Crippen LogP contribution in [0.1, 0.15) is 37.3 Å². The Bertz CT molecular complexity index is 433. The van der Waals surface area contributed by atoms with Gasteiger partial charge in [-0.2, -0.15) is 0 Å².